The van der Waals surface area contributed by atoms with Crippen molar-refractivity contribution in [3.05, 3.63) is 24.4 Å². The van der Waals surface area contributed by atoms with E-state index in [-0.39, 0.29) is 0 Å². The molecule has 1 aromatic heterocycles. The summed E-state index contributed by atoms with van der Waals surface area (Å²) in [4.78, 5) is 15.3. The van der Waals surface area contributed by atoms with E-state index in [9.17, 15) is 18.0 Å². The predicted octanol–water partition coefficient (Wildman–Crippen LogP) is 2.24. The molecule has 0 aliphatic rings. The zero-order valence-electron chi connectivity index (χ0n) is 8.99. The van der Waals surface area contributed by atoms with Crippen LogP contribution in [0.1, 0.15) is 6.92 Å². The Balaban J connectivity index is 2.43. The van der Waals surface area contributed by atoms with Gasteiger partial charge in [-0.2, -0.15) is 13.2 Å². The van der Waals surface area contributed by atoms with Crippen LogP contribution < -0.4 is 5.32 Å². The molecule has 0 aliphatic carbocycles. The maximum absolute atomic E-state index is 11.9. The van der Waals surface area contributed by atoms with Crippen LogP contribution in [0.5, 0.6) is 0 Å². The normalized spacial score (nSPS) is 13.2. The summed E-state index contributed by atoms with van der Waals surface area (Å²) in [7, 11) is 0. The summed E-state index contributed by atoms with van der Waals surface area (Å²) < 4.78 is 35.6. The summed E-state index contributed by atoms with van der Waals surface area (Å²) in [5, 5.41) is 1.81. The Morgan fingerprint density at radius 2 is 2.24 bits per heavy atom. The van der Waals surface area contributed by atoms with E-state index in [4.69, 9.17) is 0 Å². The lowest BCUT2D eigenvalue weighted by Crippen LogP contribution is -2.37. The molecule has 1 amide bonds. The average Bonchev–Trinajstić information content (AvgIpc) is 2.26. The summed E-state index contributed by atoms with van der Waals surface area (Å²) in [6, 6.07) is 5.16. The van der Waals surface area contributed by atoms with Gasteiger partial charge < -0.3 is 5.32 Å². The third-order valence-corrected chi connectivity index (χ3v) is 2.82. The van der Waals surface area contributed by atoms with Crippen LogP contribution in [0, 0.1) is 0 Å². The Morgan fingerprint density at radius 3 is 2.76 bits per heavy atom. The molecule has 0 aromatic carbocycles. The van der Waals surface area contributed by atoms with Crippen LogP contribution in [0.15, 0.2) is 29.4 Å². The van der Waals surface area contributed by atoms with Gasteiger partial charge in [0.2, 0.25) is 5.91 Å². The highest BCUT2D eigenvalue weighted by Crippen LogP contribution is 2.20. The summed E-state index contributed by atoms with van der Waals surface area (Å²) in [6.45, 7) is 0.226. The van der Waals surface area contributed by atoms with Gasteiger partial charge in [-0.05, 0) is 19.1 Å². The molecule has 1 N–H and O–H groups in total. The van der Waals surface area contributed by atoms with Crippen LogP contribution >= 0.6 is 11.8 Å². The Hall–Kier alpha value is -1.24. The fourth-order valence-corrected chi connectivity index (χ4v) is 1.81. The zero-order chi connectivity index (χ0) is 12.9. The molecule has 0 spiro atoms. The summed E-state index contributed by atoms with van der Waals surface area (Å²) >= 11 is 1.11. The van der Waals surface area contributed by atoms with E-state index in [2.05, 4.69) is 4.98 Å². The Morgan fingerprint density at radius 1 is 1.53 bits per heavy atom. The van der Waals surface area contributed by atoms with Gasteiger partial charge in [-0.25, -0.2) is 4.98 Å². The van der Waals surface area contributed by atoms with Gasteiger partial charge in [0.15, 0.2) is 0 Å². The van der Waals surface area contributed by atoms with Crippen molar-refractivity contribution in [3.8, 4) is 0 Å². The first-order valence-corrected chi connectivity index (χ1v) is 5.68. The number of pyridine rings is 1. The average molecular weight is 264 g/mol. The topological polar surface area (TPSA) is 42.0 Å². The molecule has 0 fully saturated rings. The highest BCUT2D eigenvalue weighted by atomic mass is 32.2. The minimum Gasteiger partial charge on any atom is -0.346 e. The molecule has 7 heteroatoms. The van der Waals surface area contributed by atoms with Crippen molar-refractivity contribution in [2.75, 3.05) is 6.54 Å². The van der Waals surface area contributed by atoms with Gasteiger partial charge in [0.05, 0.1) is 10.3 Å². The van der Waals surface area contributed by atoms with Crippen LogP contribution in [0.3, 0.4) is 0 Å². The van der Waals surface area contributed by atoms with Crippen molar-refractivity contribution in [3.63, 3.8) is 0 Å². The first kappa shape index (κ1) is 13.8. The molecule has 0 aliphatic heterocycles. The maximum Gasteiger partial charge on any atom is 0.405 e. The fourth-order valence-electron chi connectivity index (χ4n) is 0.983. The first-order valence-electron chi connectivity index (χ1n) is 4.80. The molecule has 1 aromatic rings. The van der Waals surface area contributed by atoms with Crippen LogP contribution in [0.2, 0.25) is 0 Å². The van der Waals surface area contributed by atoms with Crippen molar-refractivity contribution in [1.29, 1.82) is 0 Å². The Kier molecular flexibility index (Phi) is 4.80. The van der Waals surface area contributed by atoms with Crippen LogP contribution in [-0.4, -0.2) is 28.9 Å². The van der Waals surface area contributed by atoms with Gasteiger partial charge in [-0.15, -0.1) is 0 Å². The van der Waals surface area contributed by atoms with Gasteiger partial charge >= 0.3 is 6.18 Å². The molecule has 1 unspecified atom stereocenters. The molecule has 0 radical (unpaired) electrons. The van der Waals surface area contributed by atoms with E-state index in [1.807, 2.05) is 5.32 Å². The molecule has 1 rings (SSSR count). The van der Waals surface area contributed by atoms with Crippen molar-refractivity contribution in [2.45, 2.75) is 23.4 Å². The van der Waals surface area contributed by atoms with Gasteiger partial charge in [0.1, 0.15) is 6.54 Å². The number of rotatable bonds is 4. The standard InChI is InChI=1S/C10H11F3N2OS/c1-7(9(16)15-6-10(11,12)13)17-8-4-2-3-5-14-8/h2-5,7H,6H2,1H3,(H,15,16). The molecule has 17 heavy (non-hydrogen) atoms. The molecular weight excluding hydrogens is 253 g/mol. The number of thioether (sulfide) groups is 1. The van der Waals surface area contributed by atoms with Crippen molar-refractivity contribution in [2.24, 2.45) is 0 Å². The van der Waals surface area contributed by atoms with E-state index in [0.29, 0.717) is 5.03 Å². The van der Waals surface area contributed by atoms with E-state index < -0.39 is 23.9 Å². The van der Waals surface area contributed by atoms with Crippen LogP contribution in [0.4, 0.5) is 13.2 Å². The lowest BCUT2D eigenvalue weighted by atomic mass is 10.4. The monoisotopic (exact) mass is 264 g/mol. The number of nitrogens with one attached hydrogen (secondary N) is 1. The molecule has 1 atom stereocenters. The summed E-state index contributed by atoms with van der Waals surface area (Å²) in [5.74, 6) is -0.655. The molecular formula is C10H11F3N2OS. The number of nitrogens with zero attached hydrogens (tertiary/aromatic N) is 1. The fraction of sp³-hybridized carbons (Fsp3) is 0.400. The minimum absolute atomic E-state index is 0.599. The molecule has 94 valence electrons. The number of hydrogen-bond acceptors (Lipinski definition) is 3. The number of halogens is 3. The van der Waals surface area contributed by atoms with E-state index in [0.717, 1.165) is 11.8 Å². The second-order valence-corrected chi connectivity index (χ2v) is 4.62. The number of carbonyl (C=O) groups excluding carboxylic acids is 1. The Bertz CT molecular complexity index is 370. The van der Waals surface area contributed by atoms with Gasteiger partial charge in [-0.1, -0.05) is 17.8 Å². The Labute approximate surface area is 101 Å². The number of hydrogen-bond donors (Lipinski definition) is 1. The van der Waals surface area contributed by atoms with Crippen molar-refractivity contribution < 1.29 is 18.0 Å². The van der Waals surface area contributed by atoms with E-state index in [1.54, 1.807) is 24.4 Å². The predicted molar refractivity (Wildman–Crippen MR) is 58.6 cm³/mol. The van der Waals surface area contributed by atoms with Crippen molar-refractivity contribution in [1.82, 2.24) is 10.3 Å². The number of aromatic nitrogens is 1. The van der Waals surface area contributed by atoms with Crippen LogP contribution in [0.25, 0.3) is 0 Å². The summed E-state index contributed by atoms with van der Waals surface area (Å²) in [6.07, 6.45) is -2.83. The molecule has 3 nitrogen and oxygen atoms in total. The van der Waals surface area contributed by atoms with E-state index in [1.165, 1.54) is 6.92 Å². The van der Waals surface area contributed by atoms with Crippen LogP contribution in [-0.2, 0) is 4.79 Å². The third kappa shape index (κ3) is 5.58. The van der Waals surface area contributed by atoms with Gasteiger partial charge in [-0.3, -0.25) is 4.79 Å². The summed E-state index contributed by atoms with van der Waals surface area (Å²) in [5.41, 5.74) is 0. The maximum atomic E-state index is 11.9. The largest absolute Gasteiger partial charge is 0.405 e. The molecule has 0 bridgehead atoms. The minimum atomic E-state index is -4.38. The lowest BCUT2D eigenvalue weighted by molar-refractivity contribution is -0.137. The quantitative estimate of drug-likeness (QED) is 0.848. The van der Waals surface area contributed by atoms with Gasteiger partial charge in [0, 0.05) is 6.20 Å². The molecule has 0 saturated heterocycles. The number of amides is 1. The first-order chi connectivity index (χ1) is 7.88. The molecule has 1 heterocycles. The second kappa shape index (κ2) is 5.90. The highest BCUT2D eigenvalue weighted by molar-refractivity contribution is 8.00. The number of carbonyl (C=O) groups is 1. The highest BCUT2D eigenvalue weighted by Gasteiger charge is 2.28. The third-order valence-electron chi connectivity index (χ3n) is 1.77. The number of alkyl halides is 3. The van der Waals surface area contributed by atoms with E-state index >= 15 is 0 Å². The van der Waals surface area contributed by atoms with Crippen molar-refractivity contribution >= 4 is 17.7 Å². The molecule has 0 saturated carbocycles. The second-order valence-electron chi connectivity index (χ2n) is 3.26. The lowest BCUT2D eigenvalue weighted by Gasteiger charge is -2.12. The van der Waals surface area contributed by atoms with Gasteiger partial charge in [0.25, 0.3) is 0 Å². The smallest absolute Gasteiger partial charge is 0.346 e. The SMILES string of the molecule is CC(Sc1ccccn1)C(=O)NCC(F)(F)F. The zero-order valence-corrected chi connectivity index (χ0v) is 9.81.